The van der Waals surface area contributed by atoms with Gasteiger partial charge in [-0.3, -0.25) is 10.1 Å². The summed E-state index contributed by atoms with van der Waals surface area (Å²) in [5.41, 5.74) is 6.02. The molecule has 31 heavy (non-hydrogen) atoms. The Morgan fingerprint density at radius 3 is 2.81 bits per heavy atom. The Hall–Kier alpha value is -4.11. The van der Waals surface area contributed by atoms with E-state index in [4.69, 9.17) is 4.98 Å². The molecule has 0 saturated carbocycles. The van der Waals surface area contributed by atoms with Gasteiger partial charge in [-0.05, 0) is 43.3 Å². The van der Waals surface area contributed by atoms with E-state index < -0.39 is 0 Å². The maximum Gasteiger partial charge on any atom is 0.178 e. The third kappa shape index (κ3) is 2.94. The van der Waals surface area contributed by atoms with E-state index in [0.717, 1.165) is 27.0 Å². The molecule has 6 heterocycles. The van der Waals surface area contributed by atoms with Crippen LogP contribution in [0.5, 0.6) is 5.75 Å². The number of thiophene rings is 1. The second-order valence-corrected chi connectivity index (χ2v) is 8.44. The van der Waals surface area contributed by atoms with Crippen molar-refractivity contribution >= 4 is 33.5 Å². The molecule has 0 aliphatic rings. The van der Waals surface area contributed by atoms with Gasteiger partial charge in [0.1, 0.15) is 11.3 Å². The summed E-state index contributed by atoms with van der Waals surface area (Å²) in [4.78, 5) is 23.7. The van der Waals surface area contributed by atoms with Gasteiger partial charge in [0.15, 0.2) is 17.2 Å². The fourth-order valence-electron chi connectivity index (χ4n) is 3.60. The Balaban J connectivity index is 1.51. The van der Waals surface area contributed by atoms with Crippen LogP contribution in [0.4, 0.5) is 0 Å². The number of hydrogen-bond acceptors (Lipinski definition) is 7. The SMILES string of the molecule is Cc1ccc(-c2ccnc3nc(-c4n[nH]c5ccc(-c6cncc(O)c6)nc45)[nH]c23)s1. The zero-order valence-electron chi connectivity index (χ0n) is 16.3. The average molecular weight is 425 g/mol. The van der Waals surface area contributed by atoms with E-state index in [2.05, 4.69) is 49.2 Å². The molecule has 8 nitrogen and oxygen atoms in total. The zero-order chi connectivity index (χ0) is 20.9. The number of aryl methyl sites for hydroxylation is 1. The molecule has 6 aromatic heterocycles. The van der Waals surface area contributed by atoms with E-state index in [1.54, 1.807) is 29.8 Å². The van der Waals surface area contributed by atoms with Crippen LogP contribution in [0.1, 0.15) is 4.88 Å². The number of imidazole rings is 1. The standard InChI is InChI=1S/C22H15N7OS/c1-11-2-5-17(31-11)14-6-7-24-21-18(14)26-22(27-21)20-19-16(28-29-20)4-3-15(25-19)12-8-13(30)10-23-9-12/h2-10,30H,1H3,(H,28,29)(H,24,26,27). The predicted octanol–water partition coefficient (Wildman–Crippen LogP) is 4.70. The lowest BCUT2D eigenvalue weighted by molar-refractivity contribution is 0.473. The van der Waals surface area contributed by atoms with E-state index in [0.29, 0.717) is 28.4 Å². The highest BCUT2D eigenvalue weighted by Crippen LogP contribution is 2.34. The third-order valence-corrected chi connectivity index (χ3v) is 6.08. The zero-order valence-corrected chi connectivity index (χ0v) is 17.1. The van der Waals surface area contributed by atoms with Crippen LogP contribution in [0.25, 0.3) is 55.4 Å². The molecule has 0 bridgehead atoms. The van der Waals surface area contributed by atoms with Crippen molar-refractivity contribution in [1.82, 2.24) is 35.1 Å². The van der Waals surface area contributed by atoms with Crippen LogP contribution in [0.15, 0.2) is 55.0 Å². The number of nitrogens with one attached hydrogen (secondary N) is 2. The fraction of sp³-hybridized carbons (Fsp3) is 0.0455. The Labute approximate surface area is 179 Å². The van der Waals surface area contributed by atoms with Crippen molar-refractivity contribution in [3.8, 4) is 39.0 Å². The maximum absolute atomic E-state index is 9.75. The van der Waals surface area contributed by atoms with Crippen LogP contribution in [0, 0.1) is 6.92 Å². The van der Waals surface area contributed by atoms with Crippen LogP contribution in [0.3, 0.4) is 0 Å². The number of nitrogens with zero attached hydrogens (tertiary/aromatic N) is 5. The first-order valence-electron chi connectivity index (χ1n) is 9.57. The Kier molecular flexibility index (Phi) is 3.84. The van der Waals surface area contributed by atoms with Crippen molar-refractivity contribution in [3.05, 3.63) is 59.9 Å². The van der Waals surface area contributed by atoms with E-state index in [-0.39, 0.29) is 5.75 Å². The van der Waals surface area contributed by atoms with Gasteiger partial charge in [-0.15, -0.1) is 11.3 Å². The highest BCUT2D eigenvalue weighted by molar-refractivity contribution is 7.15. The van der Waals surface area contributed by atoms with Crippen molar-refractivity contribution in [3.63, 3.8) is 0 Å². The smallest absolute Gasteiger partial charge is 0.178 e. The molecule has 150 valence electrons. The Morgan fingerprint density at radius 1 is 1.03 bits per heavy atom. The molecule has 0 atom stereocenters. The number of fused-ring (bicyclic) bond motifs is 2. The van der Waals surface area contributed by atoms with Crippen molar-refractivity contribution < 1.29 is 5.11 Å². The van der Waals surface area contributed by atoms with Gasteiger partial charge in [0.05, 0.1) is 22.9 Å². The van der Waals surface area contributed by atoms with Gasteiger partial charge in [-0.2, -0.15) is 5.10 Å². The molecule has 0 unspecified atom stereocenters. The molecule has 6 aromatic rings. The number of aromatic amines is 2. The van der Waals surface area contributed by atoms with Crippen LogP contribution >= 0.6 is 11.3 Å². The summed E-state index contributed by atoms with van der Waals surface area (Å²) in [6.45, 7) is 2.09. The minimum absolute atomic E-state index is 0.0894. The van der Waals surface area contributed by atoms with Crippen LogP contribution in [-0.4, -0.2) is 40.2 Å². The van der Waals surface area contributed by atoms with E-state index in [9.17, 15) is 5.11 Å². The van der Waals surface area contributed by atoms with Gasteiger partial charge >= 0.3 is 0 Å². The number of H-pyrrole nitrogens is 2. The summed E-state index contributed by atoms with van der Waals surface area (Å²) in [5.74, 6) is 0.680. The largest absolute Gasteiger partial charge is 0.506 e. The molecule has 0 aromatic carbocycles. The van der Waals surface area contributed by atoms with Crippen molar-refractivity contribution in [2.24, 2.45) is 0 Å². The number of aromatic nitrogens is 7. The molecule has 0 radical (unpaired) electrons. The molecular formula is C22H15N7OS. The minimum atomic E-state index is 0.0894. The van der Waals surface area contributed by atoms with Gasteiger partial charge in [0.25, 0.3) is 0 Å². The summed E-state index contributed by atoms with van der Waals surface area (Å²) >= 11 is 1.73. The molecule has 0 spiro atoms. The number of aromatic hydroxyl groups is 1. The van der Waals surface area contributed by atoms with Crippen molar-refractivity contribution in [1.29, 1.82) is 0 Å². The second-order valence-electron chi connectivity index (χ2n) is 7.15. The maximum atomic E-state index is 9.75. The minimum Gasteiger partial charge on any atom is -0.506 e. The highest BCUT2D eigenvalue weighted by Gasteiger charge is 2.17. The summed E-state index contributed by atoms with van der Waals surface area (Å²) < 4.78 is 0. The third-order valence-electron chi connectivity index (χ3n) is 5.05. The van der Waals surface area contributed by atoms with Crippen LogP contribution in [-0.2, 0) is 0 Å². The molecular weight excluding hydrogens is 410 g/mol. The lowest BCUT2D eigenvalue weighted by Gasteiger charge is -2.01. The van der Waals surface area contributed by atoms with E-state index >= 15 is 0 Å². The molecule has 0 aliphatic carbocycles. The summed E-state index contributed by atoms with van der Waals surface area (Å²) in [6.07, 6.45) is 4.82. The first kappa shape index (κ1) is 17.7. The first-order valence-corrected chi connectivity index (χ1v) is 10.4. The second kappa shape index (κ2) is 6.71. The summed E-state index contributed by atoms with van der Waals surface area (Å²) in [5, 5.41) is 17.2. The normalized spacial score (nSPS) is 11.5. The predicted molar refractivity (Wildman–Crippen MR) is 120 cm³/mol. The van der Waals surface area contributed by atoms with Gasteiger partial charge in [-0.1, -0.05) is 0 Å². The molecule has 9 heteroatoms. The summed E-state index contributed by atoms with van der Waals surface area (Å²) in [6, 6.07) is 11.6. The van der Waals surface area contributed by atoms with E-state index in [1.165, 1.54) is 11.1 Å². The molecule has 3 N–H and O–H groups in total. The van der Waals surface area contributed by atoms with Crippen LogP contribution < -0.4 is 0 Å². The highest BCUT2D eigenvalue weighted by atomic mass is 32.1. The molecule has 6 rings (SSSR count). The lowest BCUT2D eigenvalue weighted by atomic mass is 10.1. The van der Waals surface area contributed by atoms with Crippen LogP contribution in [0.2, 0.25) is 0 Å². The lowest BCUT2D eigenvalue weighted by Crippen LogP contribution is -1.87. The van der Waals surface area contributed by atoms with Gasteiger partial charge < -0.3 is 10.1 Å². The van der Waals surface area contributed by atoms with Crippen molar-refractivity contribution in [2.75, 3.05) is 0 Å². The monoisotopic (exact) mass is 425 g/mol. The quantitative estimate of drug-likeness (QED) is 0.378. The summed E-state index contributed by atoms with van der Waals surface area (Å²) in [7, 11) is 0. The number of pyridine rings is 3. The number of rotatable bonds is 3. The molecule has 0 amide bonds. The topological polar surface area (TPSA) is 116 Å². The molecule has 0 aliphatic heterocycles. The molecule has 0 fully saturated rings. The van der Waals surface area contributed by atoms with Gasteiger partial charge in [-0.25, -0.2) is 15.0 Å². The van der Waals surface area contributed by atoms with Gasteiger partial charge in [0, 0.05) is 33.3 Å². The average Bonchev–Trinajstić information content (AvgIpc) is 3.50. The molecule has 0 saturated heterocycles. The number of hydrogen-bond donors (Lipinski definition) is 3. The fourth-order valence-corrected chi connectivity index (χ4v) is 4.50. The Morgan fingerprint density at radius 2 is 1.97 bits per heavy atom. The van der Waals surface area contributed by atoms with E-state index in [1.807, 2.05) is 18.2 Å². The first-order chi connectivity index (χ1) is 15.2. The van der Waals surface area contributed by atoms with Crippen molar-refractivity contribution in [2.45, 2.75) is 6.92 Å². The van der Waals surface area contributed by atoms with Gasteiger partial charge in [0.2, 0.25) is 0 Å². The Bertz CT molecular complexity index is 1580.